The molecule has 1 aromatic carbocycles. The summed E-state index contributed by atoms with van der Waals surface area (Å²) >= 11 is 0. The van der Waals surface area contributed by atoms with Crippen LogP contribution in [0.15, 0.2) is 18.2 Å². The molecule has 1 unspecified atom stereocenters. The third-order valence-electron chi connectivity index (χ3n) is 3.69. The van der Waals surface area contributed by atoms with Crippen molar-refractivity contribution in [2.75, 3.05) is 0 Å². The van der Waals surface area contributed by atoms with Gasteiger partial charge in [-0.25, -0.2) is 0 Å². The first-order chi connectivity index (χ1) is 7.95. The summed E-state index contributed by atoms with van der Waals surface area (Å²) in [5.41, 5.74) is 8.91. The van der Waals surface area contributed by atoms with Gasteiger partial charge in [-0.15, -0.1) is 0 Å². The fourth-order valence-electron chi connectivity index (χ4n) is 2.49. The molecule has 0 bridgehead atoms. The molecule has 0 aromatic heterocycles. The highest BCUT2D eigenvalue weighted by molar-refractivity contribution is 5.46. The van der Waals surface area contributed by atoms with Gasteiger partial charge in [-0.2, -0.15) is 0 Å². The van der Waals surface area contributed by atoms with Crippen LogP contribution in [0, 0.1) is 6.92 Å². The van der Waals surface area contributed by atoms with E-state index in [0.29, 0.717) is 0 Å². The molecule has 2 nitrogen and oxygen atoms in total. The van der Waals surface area contributed by atoms with E-state index in [1.165, 1.54) is 24.0 Å². The first-order valence-electron chi connectivity index (χ1n) is 6.49. The number of hydrogen-bond acceptors (Lipinski definition) is 2. The Hall–Kier alpha value is -1.02. The Morgan fingerprint density at radius 2 is 1.88 bits per heavy atom. The lowest BCUT2D eigenvalue weighted by molar-refractivity contribution is 0.237. The highest BCUT2D eigenvalue weighted by atomic mass is 16.5. The highest BCUT2D eigenvalue weighted by Gasteiger charge is 2.49. The van der Waals surface area contributed by atoms with Crippen molar-refractivity contribution < 1.29 is 4.74 Å². The number of ether oxygens (including phenoxy) is 1. The molecule has 0 spiro atoms. The summed E-state index contributed by atoms with van der Waals surface area (Å²) in [6, 6.07) is 6.64. The van der Waals surface area contributed by atoms with Crippen molar-refractivity contribution >= 4 is 0 Å². The second kappa shape index (κ2) is 4.34. The molecule has 1 aromatic rings. The number of aryl methyl sites for hydroxylation is 1. The number of benzene rings is 1. The van der Waals surface area contributed by atoms with Gasteiger partial charge < -0.3 is 10.5 Å². The summed E-state index contributed by atoms with van der Waals surface area (Å²) in [5.74, 6) is 1.01. The molecule has 2 rings (SSSR count). The van der Waals surface area contributed by atoms with E-state index in [4.69, 9.17) is 10.5 Å². The van der Waals surface area contributed by atoms with Crippen LogP contribution in [0.4, 0.5) is 0 Å². The Morgan fingerprint density at radius 3 is 2.35 bits per heavy atom. The monoisotopic (exact) mass is 233 g/mol. The molecular weight excluding hydrogens is 210 g/mol. The largest absolute Gasteiger partial charge is 0.491 e. The van der Waals surface area contributed by atoms with E-state index >= 15 is 0 Å². The SMILES string of the molecule is Cc1ccc(OC(C)C)c(C2(C(C)N)CC2)c1. The maximum absolute atomic E-state index is 6.16. The zero-order valence-electron chi connectivity index (χ0n) is 11.3. The lowest BCUT2D eigenvalue weighted by Crippen LogP contribution is -2.32. The van der Waals surface area contributed by atoms with Gasteiger partial charge in [0.15, 0.2) is 0 Å². The van der Waals surface area contributed by atoms with Crippen LogP contribution in [0.5, 0.6) is 5.75 Å². The van der Waals surface area contributed by atoms with Crippen molar-refractivity contribution in [1.29, 1.82) is 0 Å². The van der Waals surface area contributed by atoms with Gasteiger partial charge in [0.2, 0.25) is 0 Å². The van der Waals surface area contributed by atoms with Crippen molar-refractivity contribution in [2.45, 2.75) is 58.1 Å². The van der Waals surface area contributed by atoms with Gasteiger partial charge in [0.05, 0.1) is 6.10 Å². The molecule has 0 saturated heterocycles. The Kier molecular flexibility index (Phi) is 3.17. The minimum Gasteiger partial charge on any atom is -0.491 e. The van der Waals surface area contributed by atoms with Gasteiger partial charge in [0.25, 0.3) is 0 Å². The molecule has 17 heavy (non-hydrogen) atoms. The van der Waals surface area contributed by atoms with Crippen LogP contribution in [0.3, 0.4) is 0 Å². The van der Waals surface area contributed by atoms with E-state index in [1.807, 2.05) is 0 Å². The zero-order valence-corrected chi connectivity index (χ0v) is 11.3. The van der Waals surface area contributed by atoms with Crippen LogP contribution in [0.2, 0.25) is 0 Å². The van der Waals surface area contributed by atoms with E-state index < -0.39 is 0 Å². The summed E-state index contributed by atoms with van der Waals surface area (Å²) in [4.78, 5) is 0. The van der Waals surface area contributed by atoms with E-state index in [1.54, 1.807) is 0 Å². The number of hydrogen-bond donors (Lipinski definition) is 1. The fraction of sp³-hybridized carbons (Fsp3) is 0.600. The van der Waals surface area contributed by atoms with Crippen LogP contribution >= 0.6 is 0 Å². The molecule has 0 heterocycles. The van der Waals surface area contributed by atoms with Crippen LogP contribution in [0.1, 0.15) is 44.7 Å². The third kappa shape index (κ3) is 2.32. The van der Waals surface area contributed by atoms with E-state index in [9.17, 15) is 0 Å². The quantitative estimate of drug-likeness (QED) is 0.867. The topological polar surface area (TPSA) is 35.2 Å². The van der Waals surface area contributed by atoms with Gasteiger partial charge in [-0.3, -0.25) is 0 Å². The number of rotatable bonds is 4. The van der Waals surface area contributed by atoms with Crippen LogP contribution in [-0.4, -0.2) is 12.1 Å². The molecule has 0 aliphatic heterocycles. The van der Waals surface area contributed by atoms with Crippen molar-refractivity contribution in [3.05, 3.63) is 29.3 Å². The molecule has 0 radical (unpaired) electrons. The van der Waals surface area contributed by atoms with Crippen LogP contribution < -0.4 is 10.5 Å². The van der Waals surface area contributed by atoms with Gasteiger partial charge in [0, 0.05) is 17.0 Å². The summed E-state index contributed by atoms with van der Waals surface area (Å²) in [6.45, 7) is 8.36. The predicted octanol–water partition coefficient (Wildman–Crippen LogP) is 3.16. The van der Waals surface area contributed by atoms with Crippen molar-refractivity contribution in [3.8, 4) is 5.75 Å². The normalized spacial score (nSPS) is 19.2. The molecule has 2 N–H and O–H groups in total. The molecule has 1 fully saturated rings. The lowest BCUT2D eigenvalue weighted by Gasteiger charge is -2.24. The Labute approximate surface area is 104 Å². The lowest BCUT2D eigenvalue weighted by atomic mass is 9.88. The van der Waals surface area contributed by atoms with Crippen molar-refractivity contribution in [2.24, 2.45) is 5.73 Å². The second-order valence-corrected chi connectivity index (χ2v) is 5.61. The summed E-state index contributed by atoms with van der Waals surface area (Å²) in [7, 11) is 0. The minimum absolute atomic E-state index is 0.163. The van der Waals surface area contributed by atoms with Gasteiger partial charge in [-0.05, 0) is 46.6 Å². The maximum Gasteiger partial charge on any atom is 0.123 e. The molecule has 94 valence electrons. The van der Waals surface area contributed by atoms with E-state index in [-0.39, 0.29) is 17.6 Å². The van der Waals surface area contributed by atoms with Crippen LogP contribution in [-0.2, 0) is 5.41 Å². The average molecular weight is 233 g/mol. The second-order valence-electron chi connectivity index (χ2n) is 5.61. The van der Waals surface area contributed by atoms with E-state index in [2.05, 4.69) is 45.9 Å². The number of nitrogens with two attached hydrogens (primary N) is 1. The minimum atomic E-state index is 0.163. The molecule has 2 heteroatoms. The zero-order chi connectivity index (χ0) is 12.6. The fourth-order valence-corrected chi connectivity index (χ4v) is 2.49. The Morgan fingerprint density at radius 1 is 1.24 bits per heavy atom. The van der Waals surface area contributed by atoms with Gasteiger partial charge >= 0.3 is 0 Å². The van der Waals surface area contributed by atoms with E-state index in [0.717, 1.165) is 5.75 Å². The summed E-state index contributed by atoms with van der Waals surface area (Å²) in [6.07, 6.45) is 2.57. The summed E-state index contributed by atoms with van der Waals surface area (Å²) in [5, 5.41) is 0. The van der Waals surface area contributed by atoms with Crippen LogP contribution in [0.25, 0.3) is 0 Å². The predicted molar refractivity (Wildman–Crippen MR) is 71.5 cm³/mol. The smallest absolute Gasteiger partial charge is 0.123 e. The Bertz CT molecular complexity index is 405. The molecule has 1 atom stereocenters. The Balaban J connectivity index is 2.40. The van der Waals surface area contributed by atoms with Crippen molar-refractivity contribution in [1.82, 2.24) is 0 Å². The molecule has 1 aliphatic carbocycles. The highest BCUT2D eigenvalue weighted by Crippen LogP contribution is 2.53. The molecule has 1 aliphatic rings. The van der Waals surface area contributed by atoms with Gasteiger partial charge in [-0.1, -0.05) is 17.7 Å². The third-order valence-corrected chi connectivity index (χ3v) is 3.69. The first-order valence-corrected chi connectivity index (χ1v) is 6.49. The molecule has 0 amide bonds. The standard InChI is InChI=1S/C15H23NO/c1-10(2)17-14-6-5-11(3)9-13(14)15(7-8-15)12(4)16/h5-6,9-10,12H,7-8,16H2,1-4H3. The molecular formula is C15H23NO. The first kappa shape index (κ1) is 12.4. The average Bonchev–Trinajstić information content (AvgIpc) is 3.01. The van der Waals surface area contributed by atoms with Crippen molar-refractivity contribution in [3.63, 3.8) is 0 Å². The van der Waals surface area contributed by atoms with Gasteiger partial charge in [0.1, 0.15) is 5.75 Å². The maximum atomic E-state index is 6.16. The molecule has 1 saturated carbocycles. The summed E-state index contributed by atoms with van der Waals surface area (Å²) < 4.78 is 5.92.